The number of urea groups is 1. The summed E-state index contributed by atoms with van der Waals surface area (Å²) < 4.78 is 16.2. The smallest absolute Gasteiger partial charge is 0.337 e. The lowest BCUT2D eigenvalue weighted by atomic mass is 9.89. The molecule has 0 spiro atoms. The second-order valence-corrected chi connectivity index (χ2v) is 6.76. The molecule has 2 heterocycles. The summed E-state index contributed by atoms with van der Waals surface area (Å²) in [6.07, 6.45) is 0.544. The highest BCUT2D eigenvalue weighted by Crippen LogP contribution is 2.45. The molecule has 1 N–H and O–H groups in total. The Balaban J connectivity index is 1.72. The van der Waals surface area contributed by atoms with Gasteiger partial charge in [-0.15, -0.1) is 0 Å². The second kappa shape index (κ2) is 6.19. The second-order valence-electron chi connectivity index (χ2n) is 6.76. The highest BCUT2D eigenvalue weighted by Gasteiger charge is 2.50. The summed E-state index contributed by atoms with van der Waals surface area (Å²) in [6.45, 7) is 1.89. The SMILES string of the molecule is COC(=O)c1ccc2c(c1)[C@@H]1C[C@@](C)(O2)N(c2ccc(OC)cc2)C(=O)N1. The van der Waals surface area contributed by atoms with Crippen molar-refractivity contribution in [1.29, 1.82) is 0 Å². The summed E-state index contributed by atoms with van der Waals surface area (Å²) >= 11 is 0. The van der Waals surface area contributed by atoms with Gasteiger partial charge in [-0.1, -0.05) is 0 Å². The number of benzene rings is 2. The molecular weight excluding hydrogens is 348 g/mol. The van der Waals surface area contributed by atoms with Crippen LogP contribution in [0.15, 0.2) is 42.5 Å². The number of ether oxygens (including phenoxy) is 3. The summed E-state index contributed by atoms with van der Waals surface area (Å²) in [5.74, 6) is 0.928. The summed E-state index contributed by atoms with van der Waals surface area (Å²) in [6, 6.07) is 11.9. The Kier molecular flexibility index (Phi) is 3.95. The molecule has 2 aromatic rings. The van der Waals surface area contributed by atoms with E-state index in [0.29, 0.717) is 29.2 Å². The van der Waals surface area contributed by atoms with E-state index in [1.54, 1.807) is 42.3 Å². The first kappa shape index (κ1) is 17.2. The number of methoxy groups -OCH3 is 2. The minimum Gasteiger partial charge on any atom is -0.497 e. The van der Waals surface area contributed by atoms with Gasteiger partial charge in [-0.05, 0) is 49.4 Å². The molecule has 2 aromatic carbocycles. The van der Waals surface area contributed by atoms with Gasteiger partial charge in [0.2, 0.25) is 0 Å². The van der Waals surface area contributed by atoms with E-state index >= 15 is 0 Å². The summed E-state index contributed by atoms with van der Waals surface area (Å²) in [5, 5.41) is 3.01. The van der Waals surface area contributed by atoms with Crippen LogP contribution in [0.2, 0.25) is 0 Å². The van der Waals surface area contributed by atoms with Crippen molar-refractivity contribution in [3.05, 3.63) is 53.6 Å². The van der Waals surface area contributed by atoms with E-state index in [1.165, 1.54) is 7.11 Å². The zero-order chi connectivity index (χ0) is 19.2. The molecule has 2 aliphatic rings. The van der Waals surface area contributed by atoms with E-state index in [1.807, 2.05) is 19.1 Å². The molecule has 7 nitrogen and oxygen atoms in total. The minimum atomic E-state index is -0.846. The van der Waals surface area contributed by atoms with Crippen molar-refractivity contribution in [2.75, 3.05) is 19.1 Å². The third-order valence-corrected chi connectivity index (χ3v) is 5.02. The molecule has 140 valence electrons. The number of nitrogens with one attached hydrogen (secondary N) is 1. The van der Waals surface area contributed by atoms with Crippen molar-refractivity contribution in [1.82, 2.24) is 5.32 Å². The fourth-order valence-electron chi connectivity index (χ4n) is 3.74. The third kappa shape index (κ3) is 2.75. The van der Waals surface area contributed by atoms with Crippen molar-refractivity contribution in [2.45, 2.75) is 25.1 Å². The van der Waals surface area contributed by atoms with Crippen molar-refractivity contribution >= 4 is 17.7 Å². The third-order valence-electron chi connectivity index (χ3n) is 5.02. The molecule has 1 saturated heterocycles. The van der Waals surface area contributed by atoms with Gasteiger partial charge in [-0.3, -0.25) is 4.90 Å². The first-order chi connectivity index (χ1) is 12.9. The van der Waals surface area contributed by atoms with E-state index in [9.17, 15) is 9.59 Å². The number of esters is 1. The number of carbonyl (C=O) groups excluding carboxylic acids is 2. The topological polar surface area (TPSA) is 77.1 Å². The predicted molar refractivity (Wildman–Crippen MR) is 98.2 cm³/mol. The molecule has 0 unspecified atom stereocenters. The lowest BCUT2D eigenvalue weighted by molar-refractivity contribution is 0.0377. The number of nitrogens with zero attached hydrogens (tertiary/aromatic N) is 1. The average Bonchev–Trinajstić information content (AvgIpc) is 2.67. The first-order valence-electron chi connectivity index (χ1n) is 8.61. The standard InChI is InChI=1S/C20H20N2O5/c1-20-11-16(15-10-12(18(23)26-3)4-9-17(15)27-20)21-19(24)22(20)13-5-7-14(25-2)8-6-13/h4-10,16H,11H2,1-3H3,(H,21,24)/t16-,20+/m0/s1. The van der Waals surface area contributed by atoms with E-state index in [0.717, 1.165) is 5.56 Å². The molecule has 27 heavy (non-hydrogen) atoms. The van der Waals surface area contributed by atoms with Gasteiger partial charge in [-0.25, -0.2) is 9.59 Å². The molecule has 7 heteroatoms. The fraction of sp³-hybridized carbons (Fsp3) is 0.300. The number of fused-ring (bicyclic) bond motifs is 4. The van der Waals surface area contributed by atoms with Gasteiger partial charge >= 0.3 is 12.0 Å². The van der Waals surface area contributed by atoms with Crippen molar-refractivity contribution in [3.63, 3.8) is 0 Å². The highest BCUT2D eigenvalue weighted by molar-refractivity contribution is 5.95. The molecule has 2 bridgehead atoms. The Morgan fingerprint density at radius 3 is 2.63 bits per heavy atom. The van der Waals surface area contributed by atoms with Gasteiger partial charge in [-0.2, -0.15) is 0 Å². The van der Waals surface area contributed by atoms with Crippen LogP contribution >= 0.6 is 0 Å². The average molecular weight is 368 g/mol. The van der Waals surface area contributed by atoms with E-state index in [2.05, 4.69) is 5.32 Å². The van der Waals surface area contributed by atoms with Crippen LogP contribution in [0.5, 0.6) is 11.5 Å². The van der Waals surface area contributed by atoms with Gasteiger partial charge in [0, 0.05) is 17.7 Å². The maximum atomic E-state index is 12.9. The predicted octanol–water partition coefficient (Wildman–Crippen LogP) is 3.25. The van der Waals surface area contributed by atoms with E-state index in [-0.39, 0.29) is 12.1 Å². The molecule has 2 amide bonds. The quantitative estimate of drug-likeness (QED) is 0.842. The van der Waals surface area contributed by atoms with Gasteiger partial charge in [0.05, 0.1) is 25.8 Å². The molecule has 0 radical (unpaired) electrons. The van der Waals surface area contributed by atoms with Crippen LogP contribution in [0.4, 0.5) is 10.5 Å². The molecule has 2 atom stereocenters. The van der Waals surface area contributed by atoms with Crippen LogP contribution in [-0.2, 0) is 4.74 Å². The fourth-order valence-corrected chi connectivity index (χ4v) is 3.74. The van der Waals surface area contributed by atoms with Crippen LogP contribution in [0, 0.1) is 0 Å². The molecule has 0 saturated carbocycles. The first-order valence-corrected chi connectivity index (χ1v) is 8.61. The normalized spacial score (nSPS) is 23.0. The number of carbonyl (C=O) groups is 2. The maximum absolute atomic E-state index is 12.9. The summed E-state index contributed by atoms with van der Waals surface area (Å²) in [5.41, 5.74) is 1.07. The zero-order valence-corrected chi connectivity index (χ0v) is 15.3. The van der Waals surface area contributed by atoms with Crippen LogP contribution in [0.1, 0.15) is 35.3 Å². The molecule has 1 fully saturated rings. The Morgan fingerprint density at radius 2 is 1.96 bits per heavy atom. The number of hydrogen-bond donors (Lipinski definition) is 1. The van der Waals surface area contributed by atoms with Crippen LogP contribution in [-0.4, -0.2) is 31.9 Å². The lowest BCUT2D eigenvalue weighted by Crippen LogP contribution is -2.65. The highest BCUT2D eigenvalue weighted by atomic mass is 16.5. The number of amides is 2. The van der Waals surface area contributed by atoms with E-state index in [4.69, 9.17) is 14.2 Å². The van der Waals surface area contributed by atoms with Crippen molar-refractivity contribution in [3.8, 4) is 11.5 Å². The maximum Gasteiger partial charge on any atom is 0.337 e. The summed E-state index contributed by atoms with van der Waals surface area (Å²) in [4.78, 5) is 26.3. The van der Waals surface area contributed by atoms with Gasteiger partial charge in [0.1, 0.15) is 11.5 Å². The monoisotopic (exact) mass is 368 g/mol. The molecule has 2 aliphatic heterocycles. The van der Waals surface area contributed by atoms with Crippen molar-refractivity contribution in [2.24, 2.45) is 0 Å². The van der Waals surface area contributed by atoms with Gasteiger partial charge in [0.15, 0.2) is 5.72 Å². The summed E-state index contributed by atoms with van der Waals surface area (Å²) in [7, 11) is 2.93. The number of hydrogen-bond acceptors (Lipinski definition) is 5. The van der Waals surface area contributed by atoms with Crippen LogP contribution in [0.25, 0.3) is 0 Å². The molecule has 4 rings (SSSR count). The zero-order valence-electron chi connectivity index (χ0n) is 15.3. The molecule has 0 aromatic heterocycles. The van der Waals surface area contributed by atoms with Gasteiger partial charge < -0.3 is 19.5 Å². The van der Waals surface area contributed by atoms with Crippen molar-refractivity contribution < 1.29 is 23.8 Å². The Morgan fingerprint density at radius 1 is 1.22 bits per heavy atom. The number of rotatable bonds is 3. The largest absolute Gasteiger partial charge is 0.497 e. The van der Waals surface area contributed by atoms with Crippen LogP contribution < -0.4 is 19.7 Å². The molecular formula is C20H20N2O5. The Hall–Kier alpha value is -3.22. The lowest BCUT2D eigenvalue weighted by Gasteiger charge is -2.50. The van der Waals surface area contributed by atoms with Gasteiger partial charge in [0.25, 0.3) is 0 Å². The minimum absolute atomic E-state index is 0.245. The molecule has 0 aliphatic carbocycles. The Bertz CT molecular complexity index is 911. The van der Waals surface area contributed by atoms with Crippen LogP contribution in [0.3, 0.4) is 0 Å². The van der Waals surface area contributed by atoms with E-state index < -0.39 is 11.7 Å². The number of anilines is 1. The Labute approximate surface area is 156 Å².